The molecule has 0 saturated heterocycles. The number of aryl methyl sites for hydroxylation is 1. The number of phenols is 1. The molecule has 1 amide bonds. The zero-order chi connectivity index (χ0) is 14.7. The van der Waals surface area contributed by atoms with Gasteiger partial charge in [0, 0.05) is 17.3 Å². The first-order valence-corrected chi connectivity index (χ1v) is 6.33. The monoisotopic (exact) mass is 291 g/mol. The highest BCUT2D eigenvalue weighted by molar-refractivity contribution is 6.32. The van der Waals surface area contributed by atoms with Crippen molar-refractivity contribution in [3.8, 4) is 11.5 Å². The standard InChI is InChI=1S/C15H14ClNO3/c1-9-7-11(18)4-5-12(9)15(19)17-10-3-6-13(16)14(8-10)20-2/h3-8,18H,1-2H3,(H,17,19). The number of halogens is 1. The van der Waals surface area contributed by atoms with Crippen LogP contribution in [0, 0.1) is 6.92 Å². The number of anilines is 1. The third-order valence-corrected chi connectivity index (χ3v) is 3.18. The molecule has 0 aliphatic heterocycles. The topological polar surface area (TPSA) is 58.6 Å². The molecule has 0 radical (unpaired) electrons. The van der Waals surface area contributed by atoms with Gasteiger partial charge in [-0.1, -0.05) is 11.6 Å². The number of rotatable bonds is 3. The summed E-state index contributed by atoms with van der Waals surface area (Å²) in [5.74, 6) is 0.367. The smallest absolute Gasteiger partial charge is 0.255 e. The van der Waals surface area contributed by atoms with Gasteiger partial charge in [-0.15, -0.1) is 0 Å². The molecule has 2 N–H and O–H groups in total. The fraction of sp³-hybridized carbons (Fsp3) is 0.133. The summed E-state index contributed by atoms with van der Waals surface area (Å²) in [4.78, 5) is 12.2. The number of carbonyl (C=O) groups is 1. The van der Waals surface area contributed by atoms with E-state index >= 15 is 0 Å². The molecule has 5 heteroatoms. The van der Waals surface area contributed by atoms with Gasteiger partial charge in [0.1, 0.15) is 11.5 Å². The van der Waals surface area contributed by atoms with Crippen LogP contribution in [0.25, 0.3) is 0 Å². The van der Waals surface area contributed by atoms with Gasteiger partial charge in [0.2, 0.25) is 0 Å². The van der Waals surface area contributed by atoms with E-state index in [4.69, 9.17) is 16.3 Å². The van der Waals surface area contributed by atoms with Gasteiger partial charge < -0.3 is 15.2 Å². The van der Waals surface area contributed by atoms with E-state index in [1.54, 1.807) is 31.2 Å². The maximum atomic E-state index is 12.2. The predicted octanol–water partition coefficient (Wildman–Crippen LogP) is 3.61. The van der Waals surface area contributed by atoms with Gasteiger partial charge in [-0.25, -0.2) is 0 Å². The molecule has 0 fully saturated rings. The molecular formula is C15H14ClNO3. The highest BCUT2D eigenvalue weighted by Crippen LogP contribution is 2.27. The predicted molar refractivity (Wildman–Crippen MR) is 78.8 cm³/mol. The molecule has 104 valence electrons. The van der Waals surface area contributed by atoms with Gasteiger partial charge >= 0.3 is 0 Å². The molecule has 0 atom stereocenters. The largest absolute Gasteiger partial charge is 0.508 e. The van der Waals surface area contributed by atoms with Crippen LogP contribution in [-0.2, 0) is 0 Å². The SMILES string of the molecule is COc1cc(NC(=O)c2ccc(O)cc2C)ccc1Cl. The Morgan fingerprint density at radius 1 is 1.25 bits per heavy atom. The number of hydrogen-bond acceptors (Lipinski definition) is 3. The second kappa shape index (κ2) is 5.84. The van der Waals surface area contributed by atoms with Crippen LogP contribution in [0.5, 0.6) is 11.5 Å². The minimum atomic E-state index is -0.258. The van der Waals surface area contributed by atoms with E-state index in [0.717, 1.165) is 0 Å². The highest BCUT2D eigenvalue weighted by atomic mass is 35.5. The molecular weight excluding hydrogens is 278 g/mol. The van der Waals surface area contributed by atoms with Crippen LogP contribution < -0.4 is 10.1 Å². The Kier molecular flexibility index (Phi) is 4.15. The third kappa shape index (κ3) is 3.03. The minimum absolute atomic E-state index is 0.132. The van der Waals surface area contributed by atoms with Crippen molar-refractivity contribution >= 4 is 23.2 Å². The molecule has 0 unspecified atom stereocenters. The number of amides is 1. The Bertz CT molecular complexity index is 656. The molecule has 2 rings (SSSR count). The molecule has 20 heavy (non-hydrogen) atoms. The van der Waals surface area contributed by atoms with E-state index < -0.39 is 0 Å². The van der Waals surface area contributed by atoms with Crippen molar-refractivity contribution in [1.82, 2.24) is 0 Å². The average molecular weight is 292 g/mol. The molecule has 0 aliphatic carbocycles. The number of ether oxygens (including phenoxy) is 1. The summed E-state index contributed by atoms with van der Waals surface area (Å²) in [6.07, 6.45) is 0. The van der Waals surface area contributed by atoms with Crippen molar-refractivity contribution in [3.63, 3.8) is 0 Å². The van der Waals surface area contributed by atoms with Gasteiger partial charge in [0.15, 0.2) is 0 Å². The summed E-state index contributed by atoms with van der Waals surface area (Å²) in [6, 6.07) is 9.59. The van der Waals surface area contributed by atoms with Crippen LogP contribution in [-0.4, -0.2) is 18.1 Å². The number of nitrogens with one attached hydrogen (secondary N) is 1. The Morgan fingerprint density at radius 3 is 2.65 bits per heavy atom. The second-order valence-corrected chi connectivity index (χ2v) is 4.71. The van der Waals surface area contributed by atoms with Crippen LogP contribution in [0.15, 0.2) is 36.4 Å². The van der Waals surface area contributed by atoms with Crippen LogP contribution >= 0.6 is 11.6 Å². The number of phenolic OH excluding ortho intramolecular Hbond substituents is 1. The first-order chi connectivity index (χ1) is 9.51. The van der Waals surface area contributed by atoms with Gasteiger partial charge in [-0.05, 0) is 42.8 Å². The Balaban J connectivity index is 2.23. The summed E-state index contributed by atoms with van der Waals surface area (Å²) < 4.78 is 5.10. The van der Waals surface area contributed by atoms with E-state index in [0.29, 0.717) is 27.6 Å². The molecule has 0 bridgehead atoms. The lowest BCUT2D eigenvalue weighted by molar-refractivity contribution is 0.102. The molecule has 4 nitrogen and oxygen atoms in total. The third-order valence-electron chi connectivity index (χ3n) is 2.86. The highest BCUT2D eigenvalue weighted by Gasteiger charge is 2.11. The summed E-state index contributed by atoms with van der Waals surface area (Å²) in [6.45, 7) is 1.76. The molecule has 0 aliphatic rings. The summed E-state index contributed by atoms with van der Waals surface area (Å²) in [7, 11) is 1.51. The second-order valence-electron chi connectivity index (χ2n) is 4.30. The molecule has 0 aromatic heterocycles. The Hall–Kier alpha value is -2.20. The molecule has 0 saturated carbocycles. The van der Waals surface area contributed by atoms with Crippen molar-refractivity contribution in [1.29, 1.82) is 0 Å². The lowest BCUT2D eigenvalue weighted by Crippen LogP contribution is -2.13. The minimum Gasteiger partial charge on any atom is -0.508 e. The number of aromatic hydroxyl groups is 1. The van der Waals surface area contributed by atoms with Crippen LogP contribution in [0.2, 0.25) is 5.02 Å². The quantitative estimate of drug-likeness (QED) is 0.908. The Morgan fingerprint density at radius 2 is 2.00 bits per heavy atom. The van der Waals surface area contributed by atoms with Crippen molar-refractivity contribution in [2.75, 3.05) is 12.4 Å². The molecule has 0 spiro atoms. The summed E-state index contributed by atoms with van der Waals surface area (Å²) in [5.41, 5.74) is 1.78. The lowest BCUT2D eigenvalue weighted by atomic mass is 10.1. The van der Waals surface area contributed by atoms with Gasteiger partial charge in [0.25, 0.3) is 5.91 Å². The van der Waals surface area contributed by atoms with E-state index in [2.05, 4.69) is 5.32 Å². The van der Waals surface area contributed by atoms with Crippen molar-refractivity contribution in [2.45, 2.75) is 6.92 Å². The molecule has 2 aromatic rings. The fourth-order valence-electron chi connectivity index (χ4n) is 1.84. The maximum absolute atomic E-state index is 12.2. The zero-order valence-corrected chi connectivity index (χ0v) is 11.9. The van der Waals surface area contributed by atoms with Gasteiger partial charge in [-0.3, -0.25) is 4.79 Å². The van der Waals surface area contributed by atoms with Crippen molar-refractivity contribution < 1.29 is 14.6 Å². The van der Waals surface area contributed by atoms with E-state index in [1.807, 2.05) is 0 Å². The fourth-order valence-corrected chi connectivity index (χ4v) is 2.03. The van der Waals surface area contributed by atoms with E-state index in [9.17, 15) is 9.90 Å². The van der Waals surface area contributed by atoms with Gasteiger partial charge in [-0.2, -0.15) is 0 Å². The maximum Gasteiger partial charge on any atom is 0.255 e. The first-order valence-electron chi connectivity index (χ1n) is 5.96. The van der Waals surface area contributed by atoms with Crippen molar-refractivity contribution in [2.24, 2.45) is 0 Å². The van der Waals surface area contributed by atoms with Crippen LogP contribution in [0.3, 0.4) is 0 Å². The number of benzene rings is 2. The van der Waals surface area contributed by atoms with E-state index in [1.165, 1.54) is 19.2 Å². The molecule has 2 aromatic carbocycles. The number of methoxy groups -OCH3 is 1. The van der Waals surface area contributed by atoms with Crippen molar-refractivity contribution in [3.05, 3.63) is 52.5 Å². The van der Waals surface area contributed by atoms with Gasteiger partial charge in [0.05, 0.1) is 12.1 Å². The normalized spacial score (nSPS) is 10.2. The van der Waals surface area contributed by atoms with Crippen LogP contribution in [0.1, 0.15) is 15.9 Å². The Labute approximate surface area is 122 Å². The summed E-state index contributed by atoms with van der Waals surface area (Å²) in [5, 5.41) is 12.6. The average Bonchev–Trinajstić information content (AvgIpc) is 2.40. The zero-order valence-electron chi connectivity index (χ0n) is 11.1. The van der Waals surface area contributed by atoms with Crippen LogP contribution in [0.4, 0.5) is 5.69 Å². The number of hydrogen-bond donors (Lipinski definition) is 2. The molecule has 0 heterocycles. The van der Waals surface area contributed by atoms with E-state index in [-0.39, 0.29) is 11.7 Å². The number of carbonyl (C=O) groups excluding carboxylic acids is 1. The lowest BCUT2D eigenvalue weighted by Gasteiger charge is -2.10. The first kappa shape index (κ1) is 14.2. The summed E-state index contributed by atoms with van der Waals surface area (Å²) >= 11 is 5.93.